The summed E-state index contributed by atoms with van der Waals surface area (Å²) in [5.74, 6) is 0.581. The highest BCUT2D eigenvalue weighted by molar-refractivity contribution is 5.83. The van der Waals surface area contributed by atoms with Crippen LogP contribution in [0.2, 0.25) is 0 Å². The van der Waals surface area contributed by atoms with Gasteiger partial charge < -0.3 is 19.7 Å². The molecule has 4 rings (SSSR count). The molecule has 0 radical (unpaired) electrons. The number of hydrogen-bond donors (Lipinski definition) is 1. The van der Waals surface area contributed by atoms with Gasteiger partial charge in [-0.25, -0.2) is 0 Å². The fourth-order valence-electron chi connectivity index (χ4n) is 5.78. The van der Waals surface area contributed by atoms with E-state index in [1.807, 2.05) is 35.7 Å². The van der Waals surface area contributed by atoms with Crippen LogP contribution < -0.4 is 10.9 Å². The summed E-state index contributed by atoms with van der Waals surface area (Å²) in [7, 11) is 3.72. The summed E-state index contributed by atoms with van der Waals surface area (Å²) in [6.07, 6.45) is 5.15. The Morgan fingerprint density at radius 2 is 1.93 bits per heavy atom. The summed E-state index contributed by atoms with van der Waals surface area (Å²) in [6.45, 7) is 4.21. The molecule has 1 aromatic heterocycles. The van der Waals surface area contributed by atoms with Gasteiger partial charge in [0.05, 0.1) is 12.6 Å². The van der Waals surface area contributed by atoms with E-state index < -0.39 is 0 Å². The molecule has 1 saturated carbocycles. The van der Waals surface area contributed by atoms with E-state index >= 15 is 0 Å². The van der Waals surface area contributed by atoms with Gasteiger partial charge in [-0.05, 0) is 45.3 Å². The molecule has 2 bridgehead atoms. The highest BCUT2D eigenvalue weighted by Crippen LogP contribution is 2.44. The minimum Gasteiger partial charge on any atom is -0.353 e. The largest absolute Gasteiger partial charge is 0.353 e. The quantitative estimate of drug-likeness (QED) is 0.794. The average molecular weight is 415 g/mol. The van der Waals surface area contributed by atoms with Crippen molar-refractivity contribution in [2.75, 3.05) is 40.3 Å². The Morgan fingerprint density at radius 1 is 1.20 bits per heavy atom. The molecule has 1 aliphatic carbocycles. The molecule has 30 heavy (non-hydrogen) atoms. The van der Waals surface area contributed by atoms with Gasteiger partial charge in [0.2, 0.25) is 11.8 Å². The Hall–Kier alpha value is -2.15. The van der Waals surface area contributed by atoms with Crippen molar-refractivity contribution in [2.45, 2.75) is 51.0 Å². The lowest BCUT2D eigenvalue weighted by Gasteiger charge is -2.48. The van der Waals surface area contributed by atoms with Crippen molar-refractivity contribution in [2.24, 2.45) is 11.3 Å². The fraction of sp³-hybridized carbons (Fsp3) is 0.696. The number of piperidine rings is 1. The van der Waals surface area contributed by atoms with E-state index in [4.69, 9.17) is 0 Å². The van der Waals surface area contributed by atoms with Crippen molar-refractivity contribution in [3.05, 3.63) is 34.2 Å². The summed E-state index contributed by atoms with van der Waals surface area (Å²) in [4.78, 5) is 42.3. The molecule has 7 nitrogen and oxygen atoms in total. The van der Waals surface area contributed by atoms with Gasteiger partial charge in [0, 0.05) is 42.7 Å². The number of likely N-dealkylation sites (N-methyl/N-ethyl adjacent to an activating group) is 1. The molecule has 2 fully saturated rings. The van der Waals surface area contributed by atoms with Crippen molar-refractivity contribution in [1.29, 1.82) is 0 Å². The number of carbonyl (C=O) groups excluding carboxylic acids is 2. The van der Waals surface area contributed by atoms with Crippen LogP contribution in [0.5, 0.6) is 0 Å². The first-order chi connectivity index (χ1) is 14.3. The monoisotopic (exact) mass is 414 g/mol. The summed E-state index contributed by atoms with van der Waals surface area (Å²) in [6, 6.07) is 5.31. The van der Waals surface area contributed by atoms with E-state index in [0.717, 1.165) is 37.8 Å². The number of hydrogen-bond acceptors (Lipinski definition) is 4. The third-order valence-corrected chi connectivity index (χ3v) is 7.28. The molecule has 2 amide bonds. The number of nitrogens with one attached hydrogen (secondary N) is 1. The van der Waals surface area contributed by atoms with Crippen LogP contribution in [-0.4, -0.2) is 66.5 Å². The summed E-state index contributed by atoms with van der Waals surface area (Å²) in [5, 5.41) is 3.02. The fourth-order valence-corrected chi connectivity index (χ4v) is 5.78. The molecule has 0 aromatic carbocycles. The first-order valence-corrected chi connectivity index (χ1v) is 11.2. The molecule has 3 heterocycles. The summed E-state index contributed by atoms with van der Waals surface area (Å²) in [5.41, 5.74) is 0.744. The predicted octanol–water partition coefficient (Wildman–Crippen LogP) is 1.59. The van der Waals surface area contributed by atoms with Crippen LogP contribution >= 0.6 is 0 Å². The van der Waals surface area contributed by atoms with Crippen LogP contribution in [0, 0.1) is 11.3 Å². The molecular weight excluding hydrogens is 380 g/mol. The van der Waals surface area contributed by atoms with E-state index in [1.54, 1.807) is 6.07 Å². The Balaban J connectivity index is 1.59. The normalized spacial score (nSPS) is 27.1. The molecule has 3 atom stereocenters. The van der Waals surface area contributed by atoms with Gasteiger partial charge in [-0.1, -0.05) is 25.8 Å². The van der Waals surface area contributed by atoms with Crippen LogP contribution in [-0.2, 0) is 9.59 Å². The SMILES string of the molecule is CN(C)CC(=O)NC[C@H]1[C@H]2C[C@H](CN(C(=O)C3(C)CCCC3)C2)c2cccc(=O)n21. The third-order valence-electron chi connectivity index (χ3n) is 7.28. The summed E-state index contributed by atoms with van der Waals surface area (Å²) < 4.78 is 1.88. The van der Waals surface area contributed by atoms with E-state index in [2.05, 4.69) is 17.1 Å². The van der Waals surface area contributed by atoms with Crippen molar-refractivity contribution < 1.29 is 9.59 Å². The van der Waals surface area contributed by atoms with Gasteiger partial charge in [0.1, 0.15) is 0 Å². The van der Waals surface area contributed by atoms with Crippen molar-refractivity contribution >= 4 is 11.8 Å². The maximum atomic E-state index is 13.4. The van der Waals surface area contributed by atoms with Crippen LogP contribution in [0.3, 0.4) is 0 Å². The molecule has 164 valence electrons. The standard InChI is InChI=1S/C23H34N4O3/c1-23(9-4-5-10-23)22(30)26-13-16-11-17(14-26)19(12-24-20(28)15-25(2)3)27-18(16)7-6-8-21(27)29/h6-8,16-17,19H,4-5,9-15H2,1-3H3,(H,24,28)/t16-,17+,19+/m1/s1. The minimum atomic E-state index is -0.239. The third kappa shape index (κ3) is 3.92. The number of amides is 2. The van der Waals surface area contributed by atoms with Gasteiger partial charge in [-0.2, -0.15) is 0 Å². The lowest BCUT2D eigenvalue weighted by molar-refractivity contribution is -0.144. The smallest absolute Gasteiger partial charge is 0.251 e. The molecule has 0 unspecified atom stereocenters. The van der Waals surface area contributed by atoms with E-state index in [-0.39, 0.29) is 40.7 Å². The maximum absolute atomic E-state index is 13.4. The highest BCUT2D eigenvalue weighted by atomic mass is 16.2. The molecule has 0 spiro atoms. The molecule has 2 aliphatic heterocycles. The molecule has 3 aliphatic rings. The average Bonchev–Trinajstić information content (AvgIpc) is 3.15. The minimum absolute atomic E-state index is 0.0170. The molecule has 1 saturated heterocycles. The zero-order valence-corrected chi connectivity index (χ0v) is 18.4. The summed E-state index contributed by atoms with van der Waals surface area (Å²) >= 11 is 0. The van der Waals surface area contributed by atoms with Crippen molar-refractivity contribution in [3.63, 3.8) is 0 Å². The maximum Gasteiger partial charge on any atom is 0.251 e. The number of aromatic nitrogens is 1. The molecule has 7 heteroatoms. The second-order valence-electron chi connectivity index (χ2n) is 9.94. The van der Waals surface area contributed by atoms with Gasteiger partial charge in [-0.15, -0.1) is 0 Å². The second-order valence-corrected chi connectivity index (χ2v) is 9.94. The zero-order chi connectivity index (χ0) is 21.5. The van der Waals surface area contributed by atoms with Gasteiger partial charge in [0.25, 0.3) is 5.56 Å². The number of likely N-dealkylation sites (tertiary alicyclic amines) is 1. The predicted molar refractivity (Wildman–Crippen MR) is 115 cm³/mol. The number of rotatable bonds is 5. The van der Waals surface area contributed by atoms with E-state index in [1.165, 1.54) is 0 Å². The first kappa shape index (κ1) is 21.1. The van der Waals surface area contributed by atoms with Crippen LogP contribution in [0.1, 0.15) is 56.7 Å². The lowest BCUT2D eigenvalue weighted by Crippen LogP contribution is -2.55. The number of fused-ring (bicyclic) bond motifs is 4. The van der Waals surface area contributed by atoms with Gasteiger partial charge in [-0.3, -0.25) is 14.4 Å². The lowest BCUT2D eigenvalue weighted by atomic mass is 9.77. The zero-order valence-electron chi connectivity index (χ0n) is 18.4. The number of carbonyl (C=O) groups is 2. The van der Waals surface area contributed by atoms with E-state index in [9.17, 15) is 14.4 Å². The Bertz CT molecular complexity index is 871. The Morgan fingerprint density at radius 3 is 2.63 bits per heavy atom. The Kier molecular flexibility index (Phi) is 5.75. The van der Waals surface area contributed by atoms with Crippen LogP contribution in [0.4, 0.5) is 0 Å². The van der Waals surface area contributed by atoms with Crippen LogP contribution in [0.25, 0.3) is 0 Å². The molecular formula is C23H34N4O3. The number of pyridine rings is 1. The first-order valence-electron chi connectivity index (χ1n) is 11.2. The second kappa shape index (κ2) is 8.17. The Labute approximate surface area is 178 Å². The van der Waals surface area contributed by atoms with Crippen molar-refractivity contribution in [3.8, 4) is 0 Å². The van der Waals surface area contributed by atoms with Gasteiger partial charge in [0.15, 0.2) is 0 Å². The topological polar surface area (TPSA) is 74.7 Å². The highest BCUT2D eigenvalue weighted by Gasteiger charge is 2.46. The molecule has 1 aromatic rings. The van der Waals surface area contributed by atoms with E-state index in [0.29, 0.717) is 26.2 Å². The van der Waals surface area contributed by atoms with Crippen LogP contribution in [0.15, 0.2) is 23.0 Å². The van der Waals surface area contributed by atoms with Crippen molar-refractivity contribution in [1.82, 2.24) is 19.7 Å². The molecule has 1 N–H and O–H groups in total. The van der Waals surface area contributed by atoms with Gasteiger partial charge >= 0.3 is 0 Å². The number of nitrogens with zero attached hydrogens (tertiary/aromatic N) is 3.